The first-order valence-electron chi connectivity index (χ1n) is 4.92. The smallest absolute Gasteiger partial charge is 0.241 e. The largest absolute Gasteiger partial charge is 0.347 e. The van der Waals surface area contributed by atoms with Gasteiger partial charge in [-0.25, -0.2) is 0 Å². The average molecular weight is 202 g/mol. The van der Waals surface area contributed by atoms with Gasteiger partial charge in [-0.2, -0.15) is 0 Å². The zero-order valence-electron chi connectivity index (χ0n) is 8.97. The van der Waals surface area contributed by atoms with Gasteiger partial charge in [-0.1, -0.05) is 18.2 Å². The van der Waals surface area contributed by atoms with Crippen LogP contribution in [0.15, 0.2) is 36.5 Å². The summed E-state index contributed by atoms with van der Waals surface area (Å²) in [6, 6.07) is 10.1. The van der Waals surface area contributed by atoms with Gasteiger partial charge in [0.1, 0.15) is 6.54 Å². The van der Waals surface area contributed by atoms with Gasteiger partial charge in [0.2, 0.25) is 5.91 Å². The maximum absolute atomic E-state index is 11.6. The van der Waals surface area contributed by atoms with Gasteiger partial charge in [-0.05, 0) is 17.5 Å². The Morgan fingerprint density at radius 2 is 2.00 bits per heavy atom. The number of para-hydroxylation sites is 1. The van der Waals surface area contributed by atoms with Crippen LogP contribution in [0.25, 0.3) is 10.9 Å². The van der Waals surface area contributed by atoms with Crippen LogP contribution in [0.4, 0.5) is 0 Å². The van der Waals surface area contributed by atoms with Crippen LogP contribution in [-0.4, -0.2) is 29.5 Å². The number of aromatic nitrogens is 1. The van der Waals surface area contributed by atoms with Crippen molar-refractivity contribution in [2.45, 2.75) is 6.54 Å². The Labute approximate surface area is 88.9 Å². The Kier molecular flexibility index (Phi) is 2.46. The van der Waals surface area contributed by atoms with Gasteiger partial charge >= 0.3 is 0 Å². The fourth-order valence-electron chi connectivity index (χ4n) is 1.57. The van der Waals surface area contributed by atoms with Crippen molar-refractivity contribution in [1.29, 1.82) is 0 Å². The lowest BCUT2D eigenvalue weighted by Crippen LogP contribution is -2.25. The molecular formula is C12H14N2O. The van der Waals surface area contributed by atoms with Gasteiger partial charge < -0.3 is 9.47 Å². The Morgan fingerprint density at radius 1 is 1.27 bits per heavy atom. The molecule has 0 radical (unpaired) electrons. The standard InChI is InChI=1S/C12H14N2O/c1-13(2)12(15)9-14-8-7-10-5-3-4-6-11(10)14/h3-8H,9H2,1-2H3. The van der Waals surface area contributed by atoms with E-state index in [1.165, 1.54) is 5.39 Å². The molecule has 0 fully saturated rings. The zero-order chi connectivity index (χ0) is 10.8. The van der Waals surface area contributed by atoms with E-state index < -0.39 is 0 Å². The summed E-state index contributed by atoms with van der Waals surface area (Å²) in [6.07, 6.45) is 1.95. The number of nitrogens with zero attached hydrogens (tertiary/aromatic N) is 2. The van der Waals surface area contributed by atoms with Crippen LogP contribution in [0, 0.1) is 0 Å². The predicted octanol–water partition coefficient (Wildman–Crippen LogP) is 1.73. The van der Waals surface area contributed by atoms with Crippen molar-refractivity contribution in [2.75, 3.05) is 14.1 Å². The van der Waals surface area contributed by atoms with Crippen LogP contribution in [0.5, 0.6) is 0 Å². The van der Waals surface area contributed by atoms with E-state index in [2.05, 4.69) is 0 Å². The molecule has 2 rings (SSSR count). The second-order valence-electron chi connectivity index (χ2n) is 3.79. The lowest BCUT2D eigenvalue weighted by atomic mass is 10.2. The zero-order valence-corrected chi connectivity index (χ0v) is 8.97. The summed E-state index contributed by atoms with van der Waals surface area (Å²) >= 11 is 0. The van der Waals surface area contributed by atoms with Crippen molar-refractivity contribution in [3.8, 4) is 0 Å². The molecule has 0 N–H and O–H groups in total. The lowest BCUT2D eigenvalue weighted by Gasteiger charge is -2.11. The van der Waals surface area contributed by atoms with Crippen molar-refractivity contribution < 1.29 is 4.79 Å². The molecule has 3 heteroatoms. The summed E-state index contributed by atoms with van der Waals surface area (Å²) < 4.78 is 1.97. The number of carbonyl (C=O) groups excluding carboxylic acids is 1. The number of rotatable bonds is 2. The minimum Gasteiger partial charge on any atom is -0.347 e. The van der Waals surface area contributed by atoms with Gasteiger partial charge in [0.25, 0.3) is 0 Å². The van der Waals surface area contributed by atoms with E-state index in [-0.39, 0.29) is 5.91 Å². The highest BCUT2D eigenvalue weighted by Crippen LogP contribution is 2.14. The average Bonchev–Trinajstić information content (AvgIpc) is 2.62. The van der Waals surface area contributed by atoms with E-state index in [1.807, 2.05) is 41.1 Å². The number of benzene rings is 1. The number of likely N-dealkylation sites (N-methyl/N-ethyl adjacent to an activating group) is 1. The van der Waals surface area contributed by atoms with Crippen molar-refractivity contribution in [1.82, 2.24) is 9.47 Å². The molecule has 0 atom stereocenters. The number of carbonyl (C=O) groups is 1. The molecule has 0 bridgehead atoms. The van der Waals surface area contributed by atoms with Gasteiger partial charge in [0.15, 0.2) is 0 Å². The van der Waals surface area contributed by atoms with E-state index >= 15 is 0 Å². The quantitative estimate of drug-likeness (QED) is 0.728. The topological polar surface area (TPSA) is 25.2 Å². The highest BCUT2D eigenvalue weighted by atomic mass is 16.2. The predicted molar refractivity (Wildman–Crippen MR) is 60.6 cm³/mol. The highest BCUT2D eigenvalue weighted by Gasteiger charge is 2.06. The summed E-state index contributed by atoms with van der Waals surface area (Å²) in [6.45, 7) is 0.403. The molecule has 1 aromatic heterocycles. The molecule has 1 heterocycles. The molecule has 0 spiro atoms. The summed E-state index contributed by atoms with van der Waals surface area (Å²) in [5.74, 6) is 0.108. The van der Waals surface area contributed by atoms with Gasteiger partial charge in [0.05, 0.1) is 0 Å². The molecule has 0 saturated carbocycles. The van der Waals surface area contributed by atoms with Crippen LogP contribution >= 0.6 is 0 Å². The van der Waals surface area contributed by atoms with E-state index in [1.54, 1.807) is 19.0 Å². The Hall–Kier alpha value is -1.77. The van der Waals surface area contributed by atoms with E-state index in [0.29, 0.717) is 6.54 Å². The second kappa shape index (κ2) is 3.77. The van der Waals surface area contributed by atoms with Crippen molar-refractivity contribution in [2.24, 2.45) is 0 Å². The summed E-state index contributed by atoms with van der Waals surface area (Å²) in [5.41, 5.74) is 1.10. The van der Waals surface area contributed by atoms with Crippen molar-refractivity contribution >= 4 is 16.8 Å². The van der Waals surface area contributed by atoms with Crippen molar-refractivity contribution in [3.63, 3.8) is 0 Å². The molecule has 15 heavy (non-hydrogen) atoms. The first-order valence-corrected chi connectivity index (χ1v) is 4.92. The maximum atomic E-state index is 11.6. The number of amides is 1. The van der Waals surface area contributed by atoms with Crippen LogP contribution in [0.2, 0.25) is 0 Å². The number of hydrogen-bond donors (Lipinski definition) is 0. The summed E-state index contributed by atoms with van der Waals surface area (Å²) in [4.78, 5) is 13.2. The number of hydrogen-bond acceptors (Lipinski definition) is 1. The summed E-state index contributed by atoms with van der Waals surface area (Å²) in [5, 5.41) is 1.17. The molecule has 0 unspecified atom stereocenters. The third kappa shape index (κ3) is 1.86. The van der Waals surface area contributed by atoms with Crippen LogP contribution < -0.4 is 0 Å². The minimum atomic E-state index is 0.108. The fraction of sp³-hybridized carbons (Fsp3) is 0.250. The third-order valence-corrected chi connectivity index (χ3v) is 2.48. The highest BCUT2D eigenvalue weighted by molar-refractivity contribution is 5.83. The lowest BCUT2D eigenvalue weighted by molar-refractivity contribution is -0.129. The van der Waals surface area contributed by atoms with Gasteiger partial charge in [-0.15, -0.1) is 0 Å². The third-order valence-electron chi connectivity index (χ3n) is 2.48. The Morgan fingerprint density at radius 3 is 2.73 bits per heavy atom. The first-order chi connectivity index (χ1) is 7.18. The normalized spacial score (nSPS) is 10.5. The Balaban J connectivity index is 2.33. The maximum Gasteiger partial charge on any atom is 0.241 e. The molecular weight excluding hydrogens is 188 g/mol. The van der Waals surface area contributed by atoms with E-state index in [9.17, 15) is 4.79 Å². The number of fused-ring (bicyclic) bond motifs is 1. The van der Waals surface area contributed by atoms with Crippen LogP contribution in [-0.2, 0) is 11.3 Å². The molecule has 0 aliphatic carbocycles. The van der Waals surface area contributed by atoms with Gasteiger partial charge in [0, 0.05) is 25.8 Å². The molecule has 0 aliphatic rings. The molecule has 78 valence electrons. The molecule has 0 aliphatic heterocycles. The minimum absolute atomic E-state index is 0.108. The molecule has 1 aromatic carbocycles. The van der Waals surface area contributed by atoms with Crippen LogP contribution in [0.3, 0.4) is 0 Å². The summed E-state index contributed by atoms with van der Waals surface area (Å²) in [7, 11) is 3.54. The molecule has 1 amide bonds. The second-order valence-corrected chi connectivity index (χ2v) is 3.79. The van der Waals surface area contributed by atoms with Crippen molar-refractivity contribution in [3.05, 3.63) is 36.5 Å². The Bertz CT molecular complexity index is 485. The SMILES string of the molecule is CN(C)C(=O)Cn1ccc2ccccc21. The molecule has 2 aromatic rings. The fourth-order valence-corrected chi connectivity index (χ4v) is 1.57. The monoisotopic (exact) mass is 202 g/mol. The van der Waals surface area contributed by atoms with E-state index in [4.69, 9.17) is 0 Å². The van der Waals surface area contributed by atoms with Gasteiger partial charge in [-0.3, -0.25) is 4.79 Å². The molecule has 3 nitrogen and oxygen atoms in total. The first kappa shape index (κ1) is 9.77. The van der Waals surface area contributed by atoms with Crippen LogP contribution in [0.1, 0.15) is 0 Å². The molecule has 0 saturated heterocycles. The van der Waals surface area contributed by atoms with E-state index in [0.717, 1.165) is 5.52 Å².